The van der Waals surface area contributed by atoms with Crippen LogP contribution in [-0.2, 0) is 5.41 Å². The van der Waals surface area contributed by atoms with Gasteiger partial charge < -0.3 is 9.88 Å². The van der Waals surface area contributed by atoms with E-state index in [0.29, 0.717) is 0 Å². The third-order valence-corrected chi connectivity index (χ3v) is 11.7. The molecule has 2 aliphatic rings. The van der Waals surface area contributed by atoms with E-state index in [1.54, 1.807) is 0 Å². The minimum atomic E-state index is -0.463. The normalized spacial score (nSPS) is 16.9. The van der Waals surface area contributed by atoms with Crippen molar-refractivity contribution in [2.45, 2.75) is 17.7 Å². The molecule has 2 unspecified atom stereocenters. The Labute approximate surface area is 326 Å². The van der Waals surface area contributed by atoms with Gasteiger partial charge in [0.15, 0.2) is 0 Å². The van der Waals surface area contributed by atoms with Crippen LogP contribution in [0.5, 0.6) is 0 Å². The number of aliphatic imine (C=N–C) groups is 1. The van der Waals surface area contributed by atoms with E-state index in [-0.39, 0.29) is 12.3 Å². The summed E-state index contributed by atoms with van der Waals surface area (Å²) in [6, 6.07) is 74.6. The molecule has 0 amide bonds. The van der Waals surface area contributed by atoms with E-state index in [0.717, 1.165) is 28.2 Å². The number of nitrogens with zero attached hydrogens (tertiary/aromatic N) is 2. The molecule has 2 N–H and O–H groups in total. The number of nitrogens with one attached hydrogen (secondary N) is 2. The molecule has 0 fully saturated rings. The average Bonchev–Trinajstić information content (AvgIpc) is 3.78. The molecule has 9 aromatic rings. The van der Waals surface area contributed by atoms with Gasteiger partial charge in [-0.15, -0.1) is 0 Å². The number of hydrogen-bond donors (Lipinski definition) is 2. The number of benzene rings is 8. The largest absolute Gasteiger partial charge is 0.350 e. The molecule has 0 spiro atoms. The Morgan fingerprint density at radius 2 is 1.12 bits per heavy atom. The number of aromatic nitrogens is 1. The maximum atomic E-state index is 5.28. The third-order valence-electron chi connectivity index (χ3n) is 11.7. The van der Waals surface area contributed by atoms with Gasteiger partial charge in [0.25, 0.3) is 0 Å². The fraction of sp³-hybridized carbons (Fsp3) is 0.0577. The van der Waals surface area contributed by atoms with Crippen molar-refractivity contribution in [3.05, 3.63) is 245 Å². The molecule has 1 aliphatic heterocycles. The average molecular weight is 719 g/mol. The van der Waals surface area contributed by atoms with E-state index in [1.165, 1.54) is 55.2 Å². The van der Waals surface area contributed by atoms with E-state index in [9.17, 15) is 0 Å². The molecule has 0 radical (unpaired) electrons. The van der Waals surface area contributed by atoms with Crippen LogP contribution in [0.2, 0.25) is 0 Å². The summed E-state index contributed by atoms with van der Waals surface area (Å²) in [6.07, 6.45) is -0.311. The molecule has 56 heavy (non-hydrogen) atoms. The highest BCUT2D eigenvalue weighted by molar-refractivity contribution is 6.18. The van der Waals surface area contributed by atoms with E-state index in [1.807, 2.05) is 0 Å². The number of fused-ring (bicyclic) bond motifs is 7. The lowest BCUT2D eigenvalue weighted by Crippen LogP contribution is -2.44. The Bertz CT molecular complexity index is 2870. The summed E-state index contributed by atoms with van der Waals surface area (Å²) in [5.41, 5.74) is 14.1. The van der Waals surface area contributed by atoms with Crippen LogP contribution in [0.3, 0.4) is 0 Å². The fourth-order valence-corrected chi connectivity index (χ4v) is 9.39. The minimum Gasteiger partial charge on any atom is -0.350 e. The van der Waals surface area contributed by atoms with Crippen LogP contribution >= 0.6 is 0 Å². The molecule has 266 valence electrons. The Morgan fingerprint density at radius 3 is 1.86 bits per heavy atom. The molecule has 11 rings (SSSR count). The molecular formula is C52H38N4. The summed E-state index contributed by atoms with van der Waals surface area (Å²) in [6.45, 7) is 0. The molecule has 2 heterocycles. The minimum absolute atomic E-state index is 0.108. The van der Waals surface area contributed by atoms with Crippen LogP contribution in [0.4, 0.5) is 0 Å². The number of amidine groups is 1. The summed E-state index contributed by atoms with van der Waals surface area (Å²) in [5.74, 6) is 0.861. The number of para-hydroxylation sites is 1. The predicted octanol–water partition coefficient (Wildman–Crippen LogP) is 11.5. The Balaban J connectivity index is 1.13. The topological polar surface area (TPSA) is 41.4 Å². The van der Waals surface area contributed by atoms with Crippen LogP contribution in [0.1, 0.15) is 51.3 Å². The molecule has 4 heteroatoms. The SMILES string of the molecule is c1ccc(C2N=C(c3cccc(-n4c5ccccc5c5c6c(ccc54)C(c4ccccc4)(c4ccccc4)c4ccccc4-6)c3)NC(c3ccccc3)N2)cc1. The molecule has 0 bridgehead atoms. The van der Waals surface area contributed by atoms with E-state index in [2.05, 4.69) is 221 Å². The third kappa shape index (κ3) is 4.93. The zero-order valence-electron chi connectivity index (χ0n) is 30.7. The first-order valence-corrected chi connectivity index (χ1v) is 19.4. The van der Waals surface area contributed by atoms with Crippen molar-refractivity contribution in [2.75, 3.05) is 0 Å². The lowest BCUT2D eigenvalue weighted by atomic mass is 9.67. The van der Waals surface area contributed by atoms with Crippen molar-refractivity contribution in [1.82, 2.24) is 15.2 Å². The van der Waals surface area contributed by atoms with Gasteiger partial charge in [0, 0.05) is 22.0 Å². The highest BCUT2D eigenvalue weighted by Crippen LogP contribution is 2.58. The molecule has 8 aromatic carbocycles. The molecule has 1 aromatic heterocycles. The van der Waals surface area contributed by atoms with Gasteiger partial charge in [-0.25, -0.2) is 4.99 Å². The zero-order chi connectivity index (χ0) is 37.1. The summed E-state index contributed by atoms with van der Waals surface area (Å²) in [4.78, 5) is 5.28. The molecule has 0 saturated heterocycles. The Hall–Kier alpha value is -7.01. The summed E-state index contributed by atoms with van der Waals surface area (Å²) < 4.78 is 2.44. The molecule has 1 aliphatic carbocycles. The van der Waals surface area contributed by atoms with Gasteiger partial charge in [0.2, 0.25) is 0 Å². The summed E-state index contributed by atoms with van der Waals surface area (Å²) in [7, 11) is 0. The maximum Gasteiger partial charge on any atom is 0.131 e. The molecular weight excluding hydrogens is 681 g/mol. The lowest BCUT2D eigenvalue weighted by Gasteiger charge is -2.33. The smallest absolute Gasteiger partial charge is 0.131 e. The zero-order valence-corrected chi connectivity index (χ0v) is 30.7. The van der Waals surface area contributed by atoms with Crippen molar-refractivity contribution in [3.63, 3.8) is 0 Å². The van der Waals surface area contributed by atoms with Crippen molar-refractivity contribution >= 4 is 27.6 Å². The highest BCUT2D eigenvalue weighted by atomic mass is 15.3. The van der Waals surface area contributed by atoms with Crippen molar-refractivity contribution in [2.24, 2.45) is 4.99 Å². The van der Waals surface area contributed by atoms with Gasteiger partial charge in [-0.3, -0.25) is 5.32 Å². The second-order valence-electron chi connectivity index (χ2n) is 14.8. The second-order valence-corrected chi connectivity index (χ2v) is 14.8. The first kappa shape index (κ1) is 32.4. The van der Waals surface area contributed by atoms with E-state index < -0.39 is 5.41 Å². The van der Waals surface area contributed by atoms with Crippen molar-refractivity contribution in [1.29, 1.82) is 0 Å². The van der Waals surface area contributed by atoms with Gasteiger partial charge in [0.05, 0.1) is 16.4 Å². The first-order valence-electron chi connectivity index (χ1n) is 19.4. The Kier molecular flexibility index (Phi) is 7.58. The van der Waals surface area contributed by atoms with Crippen molar-refractivity contribution < 1.29 is 0 Å². The molecule has 2 atom stereocenters. The van der Waals surface area contributed by atoms with Crippen LogP contribution in [0, 0.1) is 0 Å². The standard InChI is InChI=1S/C52H38N4/c1-5-18-35(19-6-1)49-53-50(36-20-7-2-8-21-36)55-51(54-49)37-22-17-27-40(34-37)56-45-31-16-14-29-42(45)48-46(56)33-32-44-47(48)41-28-13-15-30-43(41)52(44,38-23-9-3-10-24-38)39-25-11-4-12-26-39/h1-34,49-50,53H,(H,54,55). The monoisotopic (exact) mass is 718 g/mol. The predicted molar refractivity (Wildman–Crippen MR) is 229 cm³/mol. The fourth-order valence-electron chi connectivity index (χ4n) is 9.39. The van der Waals surface area contributed by atoms with Gasteiger partial charge in [-0.1, -0.05) is 182 Å². The number of rotatable bonds is 6. The van der Waals surface area contributed by atoms with E-state index in [4.69, 9.17) is 4.99 Å². The second kappa shape index (κ2) is 13.1. The molecule has 4 nitrogen and oxygen atoms in total. The number of hydrogen-bond acceptors (Lipinski definition) is 3. The lowest BCUT2D eigenvalue weighted by molar-refractivity contribution is 0.409. The van der Waals surface area contributed by atoms with Crippen LogP contribution < -0.4 is 10.6 Å². The van der Waals surface area contributed by atoms with Crippen molar-refractivity contribution in [3.8, 4) is 16.8 Å². The van der Waals surface area contributed by atoms with Gasteiger partial charge in [-0.05, 0) is 68.8 Å². The molecule has 0 saturated carbocycles. The van der Waals surface area contributed by atoms with Crippen LogP contribution in [-0.4, -0.2) is 10.4 Å². The summed E-state index contributed by atoms with van der Waals surface area (Å²) >= 11 is 0. The highest BCUT2D eigenvalue weighted by Gasteiger charge is 2.47. The Morgan fingerprint density at radius 1 is 0.500 bits per heavy atom. The maximum absolute atomic E-state index is 5.28. The quantitative estimate of drug-likeness (QED) is 0.180. The van der Waals surface area contributed by atoms with Gasteiger partial charge in [-0.2, -0.15) is 0 Å². The summed E-state index contributed by atoms with van der Waals surface area (Å²) in [5, 5.41) is 9.99. The first-order chi connectivity index (χ1) is 27.8. The van der Waals surface area contributed by atoms with Gasteiger partial charge >= 0.3 is 0 Å². The van der Waals surface area contributed by atoms with Crippen LogP contribution in [0.25, 0.3) is 38.6 Å². The van der Waals surface area contributed by atoms with Gasteiger partial charge in [0.1, 0.15) is 18.2 Å². The van der Waals surface area contributed by atoms with E-state index >= 15 is 0 Å². The van der Waals surface area contributed by atoms with Crippen LogP contribution in [0.15, 0.2) is 211 Å².